The molecule has 0 radical (unpaired) electrons. The molecule has 3 N–H and O–H groups in total. The van der Waals surface area contributed by atoms with Crippen molar-refractivity contribution < 1.29 is 13.6 Å². The molecule has 1 aromatic carbocycles. The summed E-state index contributed by atoms with van der Waals surface area (Å²) in [5, 5.41) is 13.9. The van der Waals surface area contributed by atoms with Crippen molar-refractivity contribution >= 4 is 23.5 Å². The Kier molecular flexibility index (Phi) is 6.36. The predicted molar refractivity (Wildman–Crippen MR) is 118 cm³/mol. The summed E-state index contributed by atoms with van der Waals surface area (Å²) in [7, 11) is 0. The molecule has 0 spiro atoms. The highest BCUT2D eigenvalue weighted by Gasteiger charge is 2.42. The number of alkyl halides is 2. The summed E-state index contributed by atoms with van der Waals surface area (Å²) in [4.78, 5) is 21.1. The van der Waals surface area contributed by atoms with Gasteiger partial charge in [-0.3, -0.25) is 9.89 Å². The van der Waals surface area contributed by atoms with Crippen molar-refractivity contribution in [3.63, 3.8) is 0 Å². The molecule has 3 heterocycles. The number of aromatic nitrogens is 4. The van der Waals surface area contributed by atoms with Crippen LogP contribution < -0.4 is 10.6 Å². The molecule has 0 unspecified atom stereocenters. The van der Waals surface area contributed by atoms with Gasteiger partial charge in [0.15, 0.2) is 0 Å². The maximum absolute atomic E-state index is 13.3. The number of amides is 1. The lowest BCUT2D eigenvalue weighted by molar-refractivity contribution is -0.121. The first-order valence-electron chi connectivity index (χ1n) is 10.3. The van der Waals surface area contributed by atoms with Crippen molar-refractivity contribution in [1.29, 1.82) is 0 Å². The van der Waals surface area contributed by atoms with Gasteiger partial charge in [0.05, 0.1) is 29.0 Å². The smallest absolute Gasteiger partial charge is 0.241 e. The molecule has 1 aliphatic heterocycles. The minimum atomic E-state index is -2.51. The van der Waals surface area contributed by atoms with Crippen molar-refractivity contribution in [3.05, 3.63) is 59.0 Å². The minimum absolute atomic E-state index is 0.208. The number of hydrogen-bond acceptors (Lipinski definition) is 5. The number of rotatable bonds is 7. The monoisotopic (exact) mass is 460 g/mol. The van der Waals surface area contributed by atoms with Crippen LogP contribution in [0.3, 0.4) is 0 Å². The van der Waals surface area contributed by atoms with Crippen LogP contribution in [0, 0.1) is 11.8 Å². The van der Waals surface area contributed by atoms with Crippen molar-refractivity contribution in [3.8, 4) is 11.3 Å². The van der Waals surface area contributed by atoms with Gasteiger partial charge in [0.25, 0.3) is 0 Å². The Labute approximate surface area is 189 Å². The Balaban J connectivity index is 1.50. The molecule has 2 aromatic heterocycles. The number of hydrogen-bond donors (Lipinski definition) is 3. The SMILES string of the molecule is C[C@H](Nc1nccc([C@H]2C(=O)NC[C@@H]2[C@@H](C)C(F)F)n1)c1cc(-c2ccc(Cl)cc2)n[nH]1. The number of carbonyl (C=O) groups excluding carboxylic acids is 1. The first-order valence-corrected chi connectivity index (χ1v) is 10.7. The predicted octanol–water partition coefficient (Wildman–Crippen LogP) is 4.42. The average molecular weight is 461 g/mol. The van der Waals surface area contributed by atoms with Crippen LogP contribution in [0.4, 0.5) is 14.7 Å². The number of halogens is 3. The number of benzene rings is 1. The van der Waals surface area contributed by atoms with Crippen LogP contribution in [-0.2, 0) is 4.79 Å². The van der Waals surface area contributed by atoms with Gasteiger partial charge in [-0.15, -0.1) is 0 Å². The van der Waals surface area contributed by atoms with Crippen LogP contribution in [0.15, 0.2) is 42.6 Å². The molecule has 1 aliphatic rings. The van der Waals surface area contributed by atoms with Crippen molar-refractivity contribution in [2.45, 2.75) is 32.2 Å². The second kappa shape index (κ2) is 9.20. The van der Waals surface area contributed by atoms with E-state index in [1.807, 2.05) is 25.1 Å². The van der Waals surface area contributed by atoms with Gasteiger partial charge in [0, 0.05) is 35.2 Å². The largest absolute Gasteiger partial charge is 0.355 e. The Hall–Kier alpha value is -3.07. The fourth-order valence-electron chi connectivity index (χ4n) is 3.88. The van der Waals surface area contributed by atoms with E-state index in [4.69, 9.17) is 11.6 Å². The summed E-state index contributed by atoms with van der Waals surface area (Å²) in [6.07, 6.45) is -0.982. The highest BCUT2D eigenvalue weighted by atomic mass is 35.5. The topological polar surface area (TPSA) is 95.6 Å². The van der Waals surface area contributed by atoms with Gasteiger partial charge >= 0.3 is 0 Å². The van der Waals surface area contributed by atoms with E-state index in [1.165, 1.54) is 13.1 Å². The Bertz CT molecular complexity index is 1090. The van der Waals surface area contributed by atoms with Crippen LogP contribution in [0.25, 0.3) is 11.3 Å². The molecule has 1 saturated heterocycles. The van der Waals surface area contributed by atoms with Gasteiger partial charge in [-0.1, -0.05) is 30.7 Å². The van der Waals surface area contributed by atoms with Crippen LogP contribution >= 0.6 is 11.6 Å². The van der Waals surface area contributed by atoms with Crippen molar-refractivity contribution in [2.75, 3.05) is 11.9 Å². The van der Waals surface area contributed by atoms with E-state index in [9.17, 15) is 13.6 Å². The molecule has 32 heavy (non-hydrogen) atoms. The van der Waals surface area contributed by atoms with Gasteiger partial charge in [-0.05, 0) is 31.2 Å². The second-order valence-corrected chi connectivity index (χ2v) is 8.40. The minimum Gasteiger partial charge on any atom is -0.355 e. The Morgan fingerprint density at radius 2 is 1.94 bits per heavy atom. The standard InChI is InChI=1S/C22H23ClF2N6O/c1-11(20(24)25)15-10-27-21(32)19(15)16-7-8-26-22(29-16)28-12(2)17-9-18(31-30-17)13-3-5-14(23)6-4-13/h3-9,11-12,15,19-20H,10H2,1-2H3,(H,27,32)(H,30,31)(H,26,28,29)/t11-,12+,15-,19+/m1/s1. The Morgan fingerprint density at radius 3 is 2.66 bits per heavy atom. The van der Waals surface area contributed by atoms with E-state index in [2.05, 4.69) is 30.8 Å². The molecule has 0 aliphatic carbocycles. The zero-order valence-electron chi connectivity index (χ0n) is 17.5. The highest BCUT2D eigenvalue weighted by molar-refractivity contribution is 6.30. The second-order valence-electron chi connectivity index (χ2n) is 7.97. The number of H-pyrrole nitrogens is 1. The molecule has 10 heteroatoms. The van der Waals surface area contributed by atoms with Crippen molar-refractivity contribution in [1.82, 2.24) is 25.5 Å². The van der Waals surface area contributed by atoms with E-state index in [0.29, 0.717) is 16.7 Å². The molecule has 1 amide bonds. The molecule has 1 fully saturated rings. The number of nitrogens with one attached hydrogen (secondary N) is 3. The lowest BCUT2D eigenvalue weighted by Crippen LogP contribution is -2.26. The van der Waals surface area contributed by atoms with E-state index in [-0.39, 0.29) is 18.5 Å². The van der Waals surface area contributed by atoms with Gasteiger partial charge in [-0.25, -0.2) is 18.7 Å². The normalized spacial score (nSPS) is 20.2. The zero-order chi connectivity index (χ0) is 22.8. The summed E-state index contributed by atoms with van der Waals surface area (Å²) in [6, 6.07) is 10.7. The van der Waals surface area contributed by atoms with Gasteiger partial charge in [0.1, 0.15) is 0 Å². The summed E-state index contributed by atoms with van der Waals surface area (Å²) in [5.74, 6) is -2.18. The summed E-state index contributed by atoms with van der Waals surface area (Å²) >= 11 is 5.94. The van der Waals surface area contributed by atoms with E-state index in [1.54, 1.807) is 18.2 Å². The molecule has 0 bridgehead atoms. The third kappa shape index (κ3) is 4.57. The molecule has 4 rings (SSSR count). The number of aromatic amines is 1. The molecular formula is C22H23ClF2N6O. The average Bonchev–Trinajstić information content (AvgIpc) is 3.41. The summed E-state index contributed by atoms with van der Waals surface area (Å²) in [6.45, 7) is 3.58. The molecule has 7 nitrogen and oxygen atoms in total. The fourth-order valence-corrected chi connectivity index (χ4v) is 4.01. The van der Waals surface area contributed by atoms with Gasteiger partial charge in [-0.2, -0.15) is 5.10 Å². The van der Waals surface area contributed by atoms with E-state index in [0.717, 1.165) is 17.0 Å². The summed E-state index contributed by atoms with van der Waals surface area (Å²) < 4.78 is 26.6. The van der Waals surface area contributed by atoms with Crippen LogP contribution in [0.1, 0.15) is 37.2 Å². The first kappa shape index (κ1) is 22.1. The Morgan fingerprint density at radius 1 is 1.19 bits per heavy atom. The van der Waals surface area contributed by atoms with Crippen LogP contribution in [0.2, 0.25) is 5.02 Å². The zero-order valence-corrected chi connectivity index (χ0v) is 18.3. The van der Waals surface area contributed by atoms with Crippen molar-refractivity contribution in [2.24, 2.45) is 11.8 Å². The lowest BCUT2D eigenvalue weighted by atomic mass is 9.83. The summed E-state index contributed by atoms with van der Waals surface area (Å²) in [5.41, 5.74) is 2.93. The van der Waals surface area contributed by atoms with Crippen LogP contribution in [-0.4, -0.2) is 39.0 Å². The fraction of sp³-hybridized carbons (Fsp3) is 0.364. The third-order valence-corrected chi connectivity index (χ3v) is 6.09. The quantitative estimate of drug-likeness (QED) is 0.485. The lowest BCUT2D eigenvalue weighted by Gasteiger charge is -2.22. The molecule has 4 atom stereocenters. The first-order chi connectivity index (χ1) is 15.3. The maximum atomic E-state index is 13.3. The van der Waals surface area contributed by atoms with Crippen LogP contribution in [0.5, 0.6) is 0 Å². The van der Waals surface area contributed by atoms with E-state index >= 15 is 0 Å². The molecule has 168 valence electrons. The number of nitrogens with zero attached hydrogens (tertiary/aromatic N) is 3. The van der Waals surface area contributed by atoms with Gasteiger partial charge in [0.2, 0.25) is 18.3 Å². The van der Waals surface area contributed by atoms with Gasteiger partial charge < -0.3 is 10.6 Å². The molecular weight excluding hydrogens is 438 g/mol. The maximum Gasteiger partial charge on any atom is 0.241 e. The third-order valence-electron chi connectivity index (χ3n) is 5.84. The highest BCUT2D eigenvalue weighted by Crippen LogP contribution is 2.36. The van der Waals surface area contributed by atoms with E-state index < -0.39 is 24.2 Å². The molecule has 3 aromatic rings. The number of carbonyl (C=O) groups is 1. The molecule has 0 saturated carbocycles. The number of anilines is 1.